The Balaban J connectivity index is 2.35. The van der Waals surface area contributed by atoms with Crippen molar-refractivity contribution in [3.63, 3.8) is 0 Å². The van der Waals surface area contributed by atoms with E-state index in [9.17, 15) is 13.2 Å². The first-order chi connectivity index (χ1) is 9.29. The van der Waals surface area contributed by atoms with Gasteiger partial charge in [0.1, 0.15) is 0 Å². The Kier molecular flexibility index (Phi) is 4.36. The van der Waals surface area contributed by atoms with Crippen molar-refractivity contribution < 1.29 is 17.9 Å². The van der Waals surface area contributed by atoms with Crippen LogP contribution in [0.1, 0.15) is 24.2 Å². The molecule has 7 heteroatoms. The van der Waals surface area contributed by atoms with E-state index in [-0.39, 0.29) is 28.6 Å². The monoisotopic (exact) mass is 317 g/mol. The molecular weight excluding hydrogens is 302 g/mol. The van der Waals surface area contributed by atoms with Gasteiger partial charge < -0.3 is 9.64 Å². The van der Waals surface area contributed by atoms with E-state index in [1.807, 2.05) is 13.8 Å². The molecule has 20 heavy (non-hydrogen) atoms. The van der Waals surface area contributed by atoms with E-state index in [4.69, 9.17) is 15.4 Å². The minimum Gasteiger partial charge on any atom is -0.372 e. The van der Waals surface area contributed by atoms with Crippen molar-refractivity contribution in [1.82, 2.24) is 4.90 Å². The predicted octanol–water partition coefficient (Wildman–Crippen LogP) is 1.86. The summed E-state index contributed by atoms with van der Waals surface area (Å²) in [6.45, 7) is 4.61. The molecular formula is C13H16ClNO4S. The summed E-state index contributed by atoms with van der Waals surface area (Å²) in [6, 6.07) is 5.97. The predicted molar refractivity (Wildman–Crippen MR) is 75.4 cm³/mol. The highest BCUT2D eigenvalue weighted by Gasteiger charge is 2.29. The van der Waals surface area contributed by atoms with Crippen molar-refractivity contribution in [2.24, 2.45) is 0 Å². The third-order valence-corrected chi connectivity index (χ3v) is 4.47. The fourth-order valence-electron chi connectivity index (χ4n) is 2.37. The Bertz CT molecular complexity index is 607. The number of halogens is 1. The van der Waals surface area contributed by atoms with Crippen molar-refractivity contribution in [3.8, 4) is 0 Å². The second kappa shape index (κ2) is 5.71. The van der Waals surface area contributed by atoms with E-state index in [0.29, 0.717) is 13.1 Å². The Morgan fingerprint density at radius 1 is 1.25 bits per heavy atom. The lowest BCUT2D eigenvalue weighted by atomic mass is 10.1. The van der Waals surface area contributed by atoms with Crippen LogP contribution in [0, 0.1) is 0 Å². The minimum atomic E-state index is -3.95. The van der Waals surface area contributed by atoms with Gasteiger partial charge in [-0.1, -0.05) is 12.1 Å². The summed E-state index contributed by atoms with van der Waals surface area (Å²) >= 11 is 0. The van der Waals surface area contributed by atoms with Gasteiger partial charge in [0.15, 0.2) is 0 Å². The minimum absolute atomic E-state index is 0.0810. The van der Waals surface area contributed by atoms with Crippen LogP contribution in [0.3, 0.4) is 0 Å². The molecule has 5 nitrogen and oxygen atoms in total. The van der Waals surface area contributed by atoms with Crippen molar-refractivity contribution in [1.29, 1.82) is 0 Å². The first kappa shape index (κ1) is 15.3. The third kappa shape index (κ3) is 3.31. The zero-order valence-corrected chi connectivity index (χ0v) is 12.8. The summed E-state index contributed by atoms with van der Waals surface area (Å²) < 4.78 is 28.6. The van der Waals surface area contributed by atoms with Gasteiger partial charge in [0.25, 0.3) is 15.0 Å². The Labute approximate surface area is 122 Å². The molecule has 0 aliphatic carbocycles. The lowest BCUT2D eigenvalue weighted by Gasteiger charge is -2.35. The highest BCUT2D eigenvalue weighted by Crippen LogP contribution is 2.22. The zero-order chi connectivity index (χ0) is 14.9. The lowest BCUT2D eigenvalue weighted by Crippen LogP contribution is -2.48. The maximum atomic E-state index is 12.5. The largest absolute Gasteiger partial charge is 0.372 e. The molecule has 2 rings (SSSR count). The number of morpholine rings is 1. The van der Waals surface area contributed by atoms with Gasteiger partial charge in [0.2, 0.25) is 0 Å². The van der Waals surface area contributed by atoms with Crippen molar-refractivity contribution in [3.05, 3.63) is 29.8 Å². The second-order valence-electron chi connectivity index (χ2n) is 4.90. The van der Waals surface area contributed by atoms with Gasteiger partial charge in [-0.3, -0.25) is 4.79 Å². The molecule has 0 saturated carbocycles. The molecule has 0 N–H and O–H groups in total. The SMILES string of the molecule is CC1CN(C(=O)c2ccccc2S(=O)(=O)Cl)CC(C)O1. The van der Waals surface area contributed by atoms with Crippen LogP contribution < -0.4 is 0 Å². The van der Waals surface area contributed by atoms with Crippen LogP contribution in [0.5, 0.6) is 0 Å². The number of ether oxygens (including phenoxy) is 1. The maximum absolute atomic E-state index is 12.5. The first-order valence-corrected chi connectivity index (χ1v) is 8.58. The number of carbonyl (C=O) groups excluding carboxylic acids is 1. The van der Waals surface area contributed by atoms with Gasteiger partial charge in [0.05, 0.1) is 22.7 Å². The summed E-state index contributed by atoms with van der Waals surface area (Å²) in [5.41, 5.74) is 0.101. The fraction of sp³-hybridized carbons (Fsp3) is 0.462. The van der Waals surface area contributed by atoms with Crippen LogP contribution in [-0.2, 0) is 13.8 Å². The number of benzene rings is 1. The van der Waals surface area contributed by atoms with E-state index >= 15 is 0 Å². The van der Waals surface area contributed by atoms with Crippen molar-refractivity contribution >= 4 is 25.6 Å². The van der Waals surface area contributed by atoms with Crippen LogP contribution in [0.2, 0.25) is 0 Å². The molecule has 1 amide bonds. The molecule has 1 aromatic carbocycles. The molecule has 0 radical (unpaired) electrons. The van der Waals surface area contributed by atoms with Crippen LogP contribution >= 0.6 is 10.7 Å². The van der Waals surface area contributed by atoms with Gasteiger partial charge >= 0.3 is 0 Å². The average molecular weight is 318 g/mol. The molecule has 1 aromatic rings. The molecule has 2 unspecified atom stereocenters. The molecule has 0 bridgehead atoms. The molecule has 1 aliphatic heterocycles. The Hall–Kier alpha value is -1.11. The quantitative estimate of drug-likeness (QED) is 0.781. The van der Waals surface area contributed by atoms with Crippen LogP contribution in [0.4, 0.5) is 0 Å². The van der Waals surface area contributed by atoms with Gasteiger partial charge in [-0.25, -0.2) is 8.42 Å². The summed E-state index contributed by atoms with van der Waals surface area (Å²) in [6.07, 6.45) is -0.162. The number of nitrogens with zero attached hydrogens (tertiary/aromatic N) is 1. The van der Waals surface area contributed by atoms with Gasteiger partial charge in [-0.05, 0) is 26.0 Å². The van der Waals surface area contributed by atoms with Crippen LogP contribution in [0.25, 0.3) is 0 Å². The normalized spacial score (nSPS) is 23.6. The van der Waals surface area contributed by atoms with E-state index in [1.54, 1.807) is 11.0 Å². The molecule has 1 aliphatic rings. The van der Waals surface area contributed by atoms with Crippen molar-refractivity contribution in [2.75, 3.05) is 13.1 Å². The zero-order valence-electron chi connectivity index (χ0n) is 11.2. The maximum Gasteiger partial charge on any atom is 0.262 e. The number of carbonyl (C=O) groups is 1. The van der Waals surface area contributed by atoms with E-state index in [1.165, 1.54) is 18.2 Å². The average Bonchev–Trinajstić information content (AvgIpc) is 2.35. The highest BCUT2D eigenvalue weighted by molar-refractivity contribution is 8.13. The number of rotatable bonds is 2. The smallest absolute Gasteiger partial charge is 0.262 e. The molecule has 1 saturated heterocycles. The van der Waals surface area contributed by atoms with Crippen LogP contribution in [-0.4, -0.2) is 44.5 Å². The molecule has 1 fully saturated rings. The first-order valence-electron chi connectivity index (χ1n) is 6.27. The summed E-state index contributed by atoms with van der Waals surface area (Å²) in [5.74, 6) is -0.341. The topological polar surface area (TPSA) is 63.7 Å². The molecule has 110 valence electrons. The highest BCUT2D eigenvalue weighted by atomic mass is 35.7. The van der Waals surface area contributed by atoms with E-state index < -0.39 is 9.05 Å². The van der Waals surface area contributed by atoms with Crippen molar-refractivity contribution in [2.45, 2.75) is 31.0 Å². The lowest BCUT2D eigenvalue weighted by molar-refractivity contribution is -0.0586. The summed E-state index contributed by atoms with van der Waals surface area (Å²) in [5, 5.41) is 0. The Morgan fingerprint density at radius 2 is 1.80 bits per heavy atom. The fourth-order valence-corrected chi connectivity index (χ4v) is 3.43. The summed E-state index contributed by atoms with van der Waals surface area (Å²) in [7, 11) is 1.43. The third-order valence-electron chi connectivity index (χ3n) is 3.09. The van der Waals surface area contributed by atoms with Gasteiger partial charge in [-0.2, -0.15) is 0 Å². The second-order valence-corrected chi connectivity index (χ2v) is 7.44. The molecule has 1 heterocycles. The number of amides is 1. The van der Waals surface area contributed by atoms with Crippen LogP contribution in [0.15, 0.2) is 29.2 Å². The standard InChI is InChI=1S/C13H16ClNO4S/c1-9-7-15(8-10(2)19-9)13(16)11-5-3-4-6-12(11)20(14,17)18/h3-6,9-10H,7-8H2,1-2H3. The van der Waals surface area contributed by atoms with E-state index in [2.05, 4.69) is 0 Å². The summed E-state index contributed by atoms with van der Waals surface area (Å²) in [4.78, 5) is 13.9. The molecule has 2 atom stereocenters. The van der Waals surface area contributed by atoms with Gasteiger partial charge in [-0.15, -0.1) is 0 Å². The van der Waals surface area contributed by atoms with E-state index in [0.717, 1.165) is 0 Å². The number of hydrogen-bond donors (Lipinski definition) is 0. The molecule has 0 aromatic heterocycles. The van der Waals surface area contributed by atoms with Gasteiger partial charge in [0, 0.05) is 23.8 Å². The Morgan fingerprint density at radius 3 is 2.35 bits per heavy atom. The molecule has 0 spiro atoms. The number of hydrogen-bond acceptors (Lipinski definition) is 4.